The Morgan fingerprint density at radius 2 is 0.840 bits per heavy atom. The zero-order valence-corrected chi connectivity index (χ0v) is 33.5. The van der Waals surface area contributed by atoms with E-state index in [1.54, 1.807) is 0 Å². The van der Waals surface area contributed by atoms with E-state index in [2.05, 4.69) is 101 Å². The Labute approximate surface area is 312 Å². The molecule has 1 aromatic rings. The maximum Gasteiger partial charge on any atom is 0.0347 e. The van der Waals surface area contributed by atoms with Gasteiger partial charge in [0.05, 0.1) is 0 Å². The van der Waals surface area contributed by atoms with Crippen LogP contribution >= 0.6 is 0 Å². The number of aromatic nitrogens is 1. The minimum atomic E-state index is 0.804. The first-order chi connectivity index (χ1) is 24.8. The third-order valence-corrected chi connectivity index (χ3v) is 10.7. The van der Waals surface area contributed by atoms with E-state index in [9.17, 15) is 0 Å². The number of rotatable bonds is 34. The number of allylic oxidation sites excluding steroid dienone is 8. The summed E-state index contributed by atoms with van der Waals surface area (Å²) in [5.41, 5.74) is 0. The van der Waals surface area contributed by atoms with Gasteiger partial charge in [0.1, 0.15) is 0 Å². The molecule has 2 heterocycles. The Kier molecular flexibility index (Phi) is 30.4. The van der Waals surface area contributed by atoms with Gasteiger partial charge in [0.25, 0.3) is 0 Å². The number of nitrogens with zero attached hydrogens (tertiary/aromatic N) is 3. The molecular weight excluding hydrogens is 607 g/mol. The second-order valence-corrected chi connectivity index (χ2v) is 15.2. The largest absolute Gasteiger partial charge is 0.353 e. The zero-order valence-electron chi connectivity index (χ0n) is 33.5. The highest BCUT2D eigenvalue weighted by Gasteiger charge is 2.23. The normalized spacial score (nSPS) is 15.0. The number of hydrogen-bond acceptors (Lipinski definition) is 2. The molecule has 0 radical (unpaired) electrons. The molecule has 1 aliphatic rings. The molecule has 1 saturated heterocycles. The van der Waals surface area contributed by atoms with Gasteiger partial charge < -0.3 is 4.57 Å². The van der Waals surface area contributed by atoms with E-state index in [4.69, 9.17) is 0 Å². The Morgan fingerprint density at radius 3 is 1.28 bits per heavy atom. The molecule has 0 spiro atoms. The standard InChI is InChI=1S/C47H83N3/c1-3-5-7-9-11-13-15-17-19-21-23-25-27-29-31-33-37-47(50-45-43-49(44-46-50)42-41-48-39-35-36-40-48)38-34-32-30-28-26-24-22-20-18-16-14-12-10-8-6-4-2/h11-14,17-20,35-36,39-40,47H,3-10,15-16,21-34,37-38,41-46H2,1-2H3/b13-11-,14-12-,19-17-,20-18-. The van der Waals surface area contributed by atoms with Crippen molar-refractivity contribution in [3.8, 4) is 0 Å². The Balaban J connectivity index is 1.56. The number of hydrogen-bond donors (Lipinski definition) is 0. The van der Waals surface area contributed by atoms with Crippen molar-refractivity contribution in [3.05, 3.63) is 73.1 Å². The van der Waals surface area contributed by atoms with Gasteiger partial charge in [-0.2, -0.15) is 0 Å². The summed E-state index contributed by atoms with van der Waals surface area (Å²) in [4.78, 5) is 5.57. The quantitative estimate of drug-likeness (QED) is 0.0527. The summed E-state index contributed by atoms with van der Waals surface area (Å²) < 4.78 is 2.33. The lowest BCUT2D eigenvalue weighted by atomic mass is 9.98. The third-order valence-electron chi connectivity index (χ3n) is 10.7. The molecule has 0 amide bonds. The molecule has 0 aliphatic carbocycles. The van der Waals surface area contributed by atoms with Gasteiger partial charge in [-0.25, -0.2) is 0 Å². The van der Waals surface area contributed by atoms with Crippen LogP contribution in [0.5, 0.6) is 0 Å². The Morgan fingerprint density at radius 1 is 0.440 bits per heavy atom. The van der Waals surface area contributed by atoms with Crippen LogP contribution in [0.4, 0.5) is 0 Å². The smallest absolute Gasteiger partial charge is 0.0347 e. The molecule has 0 unspecified atom stereocenters. The van der Waals surface area contributed by atoms with Crippen LogP contribution in [0.25, 0.3) is 0 Å². The lowest BCUT2D eigenvalue weighted by Gasteiger charge is -2.39. The number of piperazine rings is 1. The fraction of sp³-hybridized carbons (Fsp3) is 0.745. The van der Waals surface area contributed by atoms with Gasteiger partial charge in [-0.3, -0.25) is 9.80 Å². The highest BCUT2D eigenvalue weighted by molar-refractivity contribution is 4.94. The predicted octanol–water partition coefficient (Wildman–Crippen LogP) is 13.9. The molecule has 2 rings (SSSR count). The summed E-state index contributed by atoms with van der Waals surface area (Å²) in [5, 5.41) is 0. The van der Waals surface area contributed by atoms with Gasteiger partial charge >= 0.3 is 0 Å². The first-order valence-electron chi connectivity index (χ1n) is 22.0. The summed E-state index contributed by atoms with van der Waals surface area (Å²) in [5.74, 6) is 0. The molecule has 3 heteroatoms. The van der Waals surface area contributed by atoms with Crippen LogP contribution in [0.2, 0.25) is 0 Å². The molecular formula is C47H83N3. The molecule has 0 N–H and O–H groups in total. The van der Waals surface area contributed by atoms with Crippen molar-refractivity contribution in [2.45, 2.75) is 193 Å². The van der Waals surface area contributed by atoms with E-state index in [0.29, 0.717) is 0 Å². The van der Waals surface area contributed by atoms with E-state index >= 15 is 0 Å². The minimum absolute atomic E-state index is 0.804. The van der Waals surface area contributed by atoms with Crippen LogP contribution in [0, 0.1) is 0 Å². The third kappa shape index (κ3) is 26.0. The fourth-order valence-corrected chi connectivity index (χ4v) is 7.37. The lowest BCUT2D eigenvalue weighted by Crippen LogP contribution is -2.50. The van der Waals surface area contributed by atoms with E-state index < -0.39 is 0 Å². The van der Waals surface area contributed by atoms with E-state index in [1.165, 1.54) is 187 Å². The van der Waals surface area contributed by atoms with Crippen LogP contribution in [-0.2, 0) is 6.54 Å². The Hall–Kier alpha value is -1.84. The van der Waals surface area contributed by atoms with Crippen LogP contribution in [0.3, 0.4) is 0 Å². The fourth-order valence-electron chi connectivity index (χ4n) is 7.37. The second-order valence-electron chi connectivity index (χ2n) is 15.2. The molecule has 1 aliphatic heterocycles. The van der Waals surface area contributed by atoms with Crippen molar-refractivity contribution in [2.75, 3.05) is 32.7 Å². The van der Waals surface area contributed by atoms with Crippen LogP contribution in [0.1, 0.15) is 181 Å². The van der Waals surface area contributed by atoms with Gasteiger partial charge in [0.2, 0.25) is 0 Å². The summed E-state index contributed by atoms with van der Waals surface area (Å²) in [6, 6.07) is 5.09. The van der Waals surface area contributed by atoms with Gasteiger partial charge in [0.15, 0.2) is 0 Å². The maximum absolute atomic E-state index is 2.88. The molecule has 1 fully saturated rings. The molecule has 0 saturated carbocycles. The van der Waals surface area contributed by atoms with Crippen molar-refractivity contribution in [2.24, 2.45) is 0 Å². The highest BCUT2D eigenvalue weighted by atomic mass is 15.3. The molecule has 50 heavy (non-hydrogen) atoms. The van der Waals surface area contributed by atoms with Crippen LogP contribution in [0.15, 0.2) is 73.1 Å². The topological polar surface area (TPSA) is 11.4 Å². The summed E-state index contributed by atoms with van der Waals surface area (Å²) in [7, 11) is 0. The number of unbranched alkanes of at least 4 members (excludes halogenated alkanes) is 18. The minimum Gasteiger partial charge on any atom is -0.353 e. The molecule has 1 aromatic heterocycles. The van der Waals surface area contributed by atoms with Gasteiger partial charge in [-0.05, 0) is 89.2 Å². The van der Waals surface area contributed by atoms with Crippen LogP contribution in [-0.4, -0.2) is 53.1 Å². The van der Waals surface area contributed by atoms with Crippen molar-refractivity contribution >= 4 is 0 Å². The molecule has 3 nitrogen and oxygen atoms in total. The van der Waals surface area contributed by atoms with E-state index in [1.807, 2.05) is 0 Å². The van der Waals surface area contributed by atoms with Gasteiger partial charge in [-0.15, -0.1) is 0 Å². The SMILES string of the molecule is CCCCC/C=C\C/C=C\CCCCCCCCC(CCCCCCCC/C=C\C/C=C\CCCCC)N1CCN(CCn2cccc2)CC1. The summed E-state index contributed by atoms with van der Waals surface area (Å²) >= 11 is 0. The molecule has 286 valence electrons. The first-order valence-corrected chi connectivity index (χ1v) is 22.0. The lowest BCUT2D eigenvalue weighted by molar-refractivity contribution is 0.0837. The first kappa shape index (κ1) is 44.3. The van der Waals surface area contributed by atoms with Crippen molar-refractivity contribution in [3.63, 3.8) is 0 Å². The average molecular weight is 690 g/mol. The van der Waals surface area contributed by atoms with Gasteiger partial charge in [-0.1, -0.05) is 152 Å². The molecule has 0 atom stereocenters. The monoisotopic (exact) mass is 690 g/mol. The zero-order chi connectivity index (χ0) is 35.4. The summed E-state index contributed by atoms with van der Waals surface area (Å²) in [6.45, 7) is 11.9. The van der Waals surface area contributed by atoms with E-state index in [0.717, 1.165) is 25.4 Å². The van der Waals surface area contributed by atoms with Crippen LogP contribution < -0.4 is 0 Å². The highest BCUT2D eigenvalue weighted by Crippen LogP contribution is 2.21. The average Bonchev–Trinajstić information content (AvgIpc) is 3.67. The maximum atomic E-state index is 2.88. The van der Waals surface area contributed by atoms with Crippen molar-refractivity contribution < 1.29 is 0 Å². The Bertz CT molecular complexity index is 886. The van der Waals surface area contributed by atoms with Crippen molar-refractivity contribution in [1.29, 1.82) is 0 Å². The van der Waals surface area contributed by atoms with Gasteiger partial charge in [0, 0.05) is 57.7 Å². The molecule has 0 aromatic carbocycles. The molecule has 0 bridgehead atoms. The van der Waals surface area contributed by atoms with E-state index in [-0.39, 0.29) is 0 Å². The van der Waals surface area contributed by atoms with Crippen molar-refractivity contribution in [1.82, 2.24) is 14.4 Å². The predicted molar refractivity (Wildman–Crippen MR) is 224 cm³/mol. The second kappa shape index (κ2) is 34.3. The summed E-state index contributed by atoms with van der Waals surface area (Å²) in [6.07, 6.45) is 58.5.